The van der Waals surface area contributed by atoms with Crippen LogP contribution in [0, 0.1) is 5.92 Å². The van der Waals surface area contributed by atoms with E-state index >= 15 is 0 Å². The molecule has 1 aromatic carbocycles. The zero-order valence-corrected chi connectivity index (χ0v) is 12.7. The van der Waals surface area contributed by atoms with Crippen LogP contribution in [0.15, 0.2) is 18.2 Å². The average Bonchev–Trinajstić information content (AvgIpc) is 2.85. The van der Waals surface area contributed by atoms with Crippen LogP contribution >= 0.6 is 11.6 Å². The van der Waals surface area contributed by atoms with E-state index in [1.807, 2.05) is 12.1 Å². The summed E-state index contributed by atoms with van der Waals surface area (Å²) in [5.41, 5.74) is 1.11. The topological polar surface area (TPSA) is 21.3 Å². The fourth-order valence-electron chi connectivity index (χ4n) is 2.85. The Morgan fingerprint density at radius 2 is 2.16 bits per heavy atom. The summed E-state index contributed by atoms with van der Waals surface area (Å²) in [4.78, 5) is 0. The number of benzene rings is 1. The molecule has 1 aromatic rings. The number of rotatable bonds is 6. The highest BCUT2D eigenvalue weighted by Crippen LogP contribution is 2.33. The number of anilines is 1. The molecule has 0 aromatic heterocycles. The largest absolute Gasteiger partial charge is 0.492 e. The molecular weight excluding hydrogens is 258 g/mol. The molecule has 0 radical (unpaired) electrons. The summed E-state index contributed by atoms with van der Waals surface area (Å²) >= 11 is 6.26. The van der Waals surface area contributed by atoms with E-state index in [0.717, 1.165) is 23.8 Å². The number of nitrogens with one attached hydrogen (secondary N) is 1. The summed E-state index contributed by atoms with van der Waals surface area (Å²) in [6.45, 7) is 5.08. The molecule has 1 saturated carbocycles. The van der Waals surface area contributed by atoms with Gasteiger partial charge in [0.05, 0.1) is 11.6 Å². The molecule has 0 spiro atoms. The van der Waals surface area contributed by atoms with Crippen LogP contribution in [0.1, 0.15) is 46.0 Å². The quantitative estimate of drug-likeness (QED) is 0.781. The molecule has 1 aliphatic carbocycles. The van der Waals surface area contributed by atoms with E-state index in [0.29, 0.717) is 17.7 Å². The van der Waals surface area contributed by atoms with Gasteiger partial charge in [-0.1, -0.05) is 38.3 Å². The molecule has 0 saturated heterocycles. The van der Waals surface area contributed by atoms with E-state index in [-0.39, 0.29) is 0 Å². The zero-order valence-electron chi connectivity index (χ0n) is 11.9. The first-order chi connectivity index (χ1) is 9.24. The monoisotopic (exact) mass is 281 g/mol. The molecule has 2 nitrogen and oxygen atoms in total. The standard InChI is InChI=1S/C16H24ClNO/c1-3-10-19-16-9-8-13(11-14(16)17)18-15-7-5-6-12(15)4-2/h8-9,11-12,15,18H,3-7,10H2,1-2H3. The van der Waals surface area contributed by atoms with Crippen molar-refractivity contribution in [3.05, 3.63) is 23.2 Å². The molecule has 0 amide bonds. The molecule has 3 heteroatoms. The van der Waals surface area contributed by atoms with Gasteiger partial charge >= 0.3 is 0 Å². The molecule has 1 fully saturated rings. The summed E-state index contributed by atoms with van der Waals surface area (Å²) in [5.74, 6) is 1.59. The SMILES string of the molecule is CCCOc1ccc(NC2CCCC2CC)cc1Cl. The maximum absolute atomic E-state index is 6.26. The van der Waals surface area contributed by atoms with Crippen LogP contribution in [0.4, 0.5) is 5.69 Å². The van der Waals surface area contributed by atoms with Gasteiger partial charge in [-0.05, 0) is 43.4 Å². The Hall–Kier alpha value is -0.890. The highest BCUT2D eigenvalue weighted by molar-refractivity contribution is 6.32. The molecule has 1 aliphatic rings. The van der Waals surface area contributed by atoms with Crippen LogP contribution in [-0.2, 0) is 0 Å². The Morgan fingerprint density at radius 1 is 1.32 bits per heavy atom. The normalized spacial score (nSPS) is 22.5. The van der Waals surface area contributed by atoms with Gasteiger partial charge in [-0.25, -0.2) is 0 Å². The van der Waals surface area contributed by atoms with E-state index in [2.05, 4.69) is 25.2 Å². The fraction of sp³-hybridized carbons (Fsp3) is 0.625. The van der Waals surface area contributed by atoms with Gasteiger partial charge in [0.15, 0.2) is 0 Å². The number of hydrogen-bond donors (Lipinski definition) is 1. The molecule has 0 heterocycles. The highest BCUT2D eigenvalue weighted by Gasteiger charge is 2.25. The minimum Gasteiger partial charge on any atom is -0.492 e. The second-order valence-corrected chi connectivity index (χ2v) is 5.75. The molecule has 2 atom stereocenters. The smallest absolute Gasteiger partial charge is 0.138 e. The second-order valence-electron chi connectivity index (χ2n) is 5.34. The van der Waals surface area contributed by atoms with Gasteiger partial charge in [0.1, 0.15) is 5.75 Å². The van der Waals surface area contributed by atoms with Gasteiger partial charge in [0, 0.05) is 11.7 Å². The van der Waals surface area contributed by atoms with E-state index in [4.69, 9.17) is 16.3 Å². The van der Waals surface area contributed by atoms with Crippen molar-refractivity contribution < 1.29 is 4.74 Å². The van der Waals surface area contributed by atoms with Crippen molar-refractivity contribution in [1.82, 2.24) is 0 Å². The van der Waals surface area contributed by atoms with Crippen LogP contribution in [0.25, 0.3) is 0 Å². The van der Waals surface area contributed by atoms with Gasteiger partial charge < -0.3 is 10.1 Å². The third kappa shape index (κ3) is 3.79. The van der Waals surface area contributed by atoms with Crippen LogP contribution in [-0.4, -0.2) is 12.6 Å². The molecule has 2 rings (SSSR count). The third-order valence-corrected chi connectivity index (χ3v) is 4.22. The van der Waals surface area contributed by atoms with E-state index in [1.54, 1.807) is 0 Å². The molecule has 1 N–H and O–H groups in total. The van der Waals surface area contributed by atoms with Crippen molar-refractivity contribution in [2.45, 2.75) is 52.0 Å². The zero-order chi connectivity index (χ0) is 13.7. The van der Waals surface area contributed by atoms with Crippen molar-refractivity contribution in [2.24, 2.45) is 5.92 Å². The van der Waals surface area contributed by atoms with Crippen LogP contribution < -0.4 is 10.1 Å². The summed E-state index contributed by atoms with van der Waals surface area (Å²) in [6, 6.07) is 6.62. The molecule has 0 bridgehead atoms. The lowest BCUT2D eigenvalue weighted by Gasteiger charge is -2.21. The maximum atomic E-state index is 6.26. The van der Waals surface area contributed by atoms with Crippen LogP contribution in [0.3, 0.4) is 0 Å². The number of halogens is 1. The Morgan fingerprint density at radius 3 is 2.84 bits per heavy atom. The molecular formula is C16H24ClNO. The minimum atomic E-state index is 0.600. The Bertz CT molecular complexity index is 408. The average molecular weight is 282 g/mol. The first kappa shape index (κ1) is 14.5. The fourth-order valence-corrected chi connectivity index (χ4v) is 3.08. The molecule has 0 aliphatic heterocycles. The van der Waals surface area contributed by atoms with E-state index < -0.39 is 0 Å². The van der Waals surface area contributed by atoms with Gasteiger partial charge in [-0.15, -0.1) is 0 Å². The van der Waals surface area contributed by atoms with Gasteiger partial charge in [-0.2, -0.15) is 0 Å². The predicted octanol–water partition coefficient (Wildman–Crippen LogP) is 5.12. The lowest BCUT2D eigenvalue weighted by molar-refractivity contribution is 0.317. The lowest BCUT2D eigenvalue weighted by Crippen LogP contribution is -2.23. The van der Waals surface area contributed by atoms with Crippen molar-refractivity contribution >= 4 is 17.3 Å². The summed E-state index contributed by atoms with van der Waals surface area (Å²) < 4.78 is 5.59. The minimum absolute atomic E-state index is 0.600. The molecule has 2 unspecified atom stereocenters. The Labute approximate surface area is 121 Å². The van der Waals surface area contributed by atoms with Gasteiger partial charge in [-0.3, -0.25) is 0 Å². The van der Waals surface area contributed by atoms with Crippen LogP contribution in [0.2, 0.25) is 5.02 Å². The summed E-state index contributed by atoms with van der Waals surface area (Å²) in [6.07, 6.45) is 6.20. The second kappa shape index (κ2) is 7.04. The first-order valence-corrected chi connectivity index (χ1v) is 7.81. The van der Waals surface area contributed by atoms with Crippen molar-refractivity contribution in [3.8, 4) is 5.75 Å². The van der Waals surface area contributed by atoms with Crippen molar-refractivity contribution in [2.75, 3.05) is 11.9 Å². The maximum Gasteiger partial charge on any atom is 0.138 e. The predicted molar refractivity (Wildman–Crippen MR) is 82.3 cm³/mol. The summed E-state index contributed by atoms with van der Waals surface area (Å²) in [7, 11) is 0. The number of hydrogen-bond acceptors (Lipinski definition) is 2. The van der Waals surface area contributed by atoms with Crippen LogP contribution in [0.5, 0.6) is 5.75 Å². The van der Waals surface area contributed by atoms with Gasteiger partial charge in [0.2, 0.25) is 0 Å². The highest BCUT2D eigenvalue weighted by atomic mass is 35.5. The first-order valence-electron chi connectivity index (χ1n) is 7.43. The summed E-state index contributed by atoms with van der Waals surface area (Å²) in [5, 5.41) is 4.32. The van der Waals surface area contributed by atoms with Gasteiger partial charge in [0.25, 0.3) is 0 Å². The van der Waals surface area contributed by atoms with Crippen molar-refractivity contribution in [3.63, 3.8) is 0 Å². The number of ether oxygens (including phenoxy) is 1. The Balaban J connectivity index is 1.99. The van der Waals surface area contributed by atoms with E-state index in [9.17, 15) is 0 Å². The Kier molecular flexibility index (Phi) is 5.38. The molecule has 106 valence electrons. The third-order valence-electron chi connectivity index (χ3n) is 3.93. The lowest BCUT2D eigenvalue weighted by atomic mass is 10.0. The molecule has 19 heavy (non-hydrogen) atoms. The van der Waals surface area contributed by atoms with Crippen molar-refractivity contribution in [1.29, 1.82) is 0 Å². The van der Waals surface area contributed by atoms with E-state index in [1.165, 1.54) is 25.7 Å².